The zero-order valence-electron chi connectivity index (χ0n) is 17.3. The Balaban J connectivity index is 2.02. The van der Waals surface area contributed by atoms with E-state index in [4.69, 9.17) is 14.2 Å². The van der Waals surface area contributed by atoms with Gasteiger partial charge in [-0.1, -0.05) is 39.5 Å². The average Bonchev–Trinajstić information content (AvgIpc) is 2.61. The molecule has 0 N–H and O–H groups in total. The zero-order chi connectivity index (χ0) is 19.5. The van der Waals surface area contributed by atoms with E-state index in [0.29, 0.717) is 0 Å². The van der Waals surface area contributed by atoms with Crippen LogP contribution in [0.5, 0.6) is 23.0 Å². The van der Waals surface area contributed by atoms with Gasteiger partial charge in [0.15, 0.2) is 0 Å². The molecule has 0 aliphatic heterocycles. The molecule has 2 aromatic rings. The van der Waals surface area contributed by atoms with E-state index < -0.39 is 0 Å². The molecule has 3 heteroatoms. The molecule has 0 bridgehead atoms. The highest BCUT2D eigenvalue weighted by Crippen LogP contribution is 2.30. The molecular formula is C24H34O3. The maximum atomic E-state index is 6.12. The molecule has 0 heterocycles. The molecule has 0 aliphatic rings. The van der Waals surface area contributed by atoms with Crippen LogP contribution in [0, 0.1) is 13.8 Å². The van der Waals surface area contributed by atoms with Crippen molar-refractivity contribution < 1.29 is 14.2 Å². The molecule has 3 nitrogen and oxygen atoms in total. The topological polar surface area (TPSA) is 27.7 Å². The molecule has 0 aliphatic carbocycles. The monoisotopic (exact) mass is 370 g/mol. The van der Waals surface area contributed by atoms with Gasteiger partial charge >= 0.3 is 0 Å². The van der Waals surface area contributed by atoms with Gasteiger partial charge in [0.05, 0.1) is 13.2 Å². The third-order valence-electron chi connectivity index (χ3n) is 4.32. The Morgan fingerprint density at radius 1 is 0.556 bits per heavy atom. The van der Waals surface area contributed by atoms with Crippen LogP contribution in [-0.4, -0.2) is 13.2 Å². The number of hydrogen-bond donors (Lipinski definition) is 0. The van der Waals surface area contributed by atoms with Crippen LogP contribution in [0.2, 0.25) is 0 Å². The highest BCUT2D eigenvalue weighted by Gasteiger charge is 2.06. The Morgan fingerprint density at radius 2 is 0.963 bits per heavy atom. The van der Waals surface area contributed by atoms with E-state index in [2.05, 4.69) is 39.8 Å². The van der Waals surface area contributed by atoms with Crippen molar-refractivity contribution in [2.75, 3.05) is 13.2 Å². The molecule has 0 saturated carbocycles. The third-order valence-corrected chi connectivity index (χ3v) is 4.32. The minimum atomic E-state index is 0.747. The molecule has 0 saturated heterocycles. The quantitative estimate of drug-likeness (QED) is 0.369. The SMILES string of the molecule is CCCCCOc1cc(C)cc(Oc2cc(C)cc(OCCCCC)c2)c1. The number of hydrogen-bond acceptors (Lipinski definition) is 3. The van der Waals surface area contributed by atoms with Gasteiger partial charge in [0.25, 0.3) is 0 Å². The van der Waals surface area contributed by atoms with Crippen LogP contribution in [0.1, 0.15) is 63.5 Å². The molecule has 0 atom stereocenters. The molecule has 148 valence electrons. The van der Waals surface area contributed by atoms with Crippen molar-refractivity contribution in [2.24, 2.45) is 0 Å². The molecule has 2 rings (SSSR count). The second kappa shape index (κ2) is 11.5. The van der Waals surface area contributed by atoms with E-state index in [1.54, 1.807) is 0 Å². The smallest absolute Gasteiger partial charge is 0.131 e. The van der Waals surface area contributed by atoms with Crippen molar-refractivity contribution >= 4 is 0 Å². The molecule has 0 spiro atoms. The first-order valence-electron chi connectivity index (χ1n) is 10.3. The Labute approximate surface area is 164 Å². The standard InChI is InChI=1S/C24H34O3/c1-5-7-9-11-25-21-13-19(3)15-23(17-21)27-24-16-20(4)14-22(18-24)26-12-10-8-6-2/h13-18H,5-12H2,1-4H3. The minimum Gasteiger partial charge on any atom is -0.493 e. The summed E-state index contributed by atoms with van der Waals surface area (Å²) >= 11 is 0. The fourth-order valence-corrected chi connectivity index (χ4v) is 2.93. The first-order valence-corrected chi connectivity index (χ1v) is 10.3. The predicted molar refractivity (Wildman–Crippen MR) is 112 cm³/mol. The number of unbranched alkanes of at least 4 members (excludes halogenated alkanes) is 4. The van der Waals surface area contributed by atoms with Gasteiger partial charge in [-0.15, -0.1) is 0 Å². The molecule has 0 unspecified atom stereocenters. The lowest BCUT2D eigenvalue weighted by Gasteiger charge is -2.13. The van der Waals surface area contributed by atoms with Crippen LogP contribution in [0.25, 0.3) is 0 Å². The number of ether oxygens (including phenoxy) is 3. The fourth-order valence-electron chi connectivity index (χ4n) is 2.93. The van der Waals surface area contributed by atoms with Crippen LogP contribution >= 0.6 is 0 Å². The van der Waals surface area contributed by atoms with E-state index in [1.165, 1.54) is 25.7 Å². The largest absolute Gasteiger partial charge is 0.493 e. The van der Waals surface area contributed by atoms with Gasteiger partial charge in [0, 0.05) is 12.1 Å². The van der Waals surface area contributed by atoms with E-state index in [1.807, 2.05) is 24.3 Å². The van der Waals surface area contributed by atoms with E-state index in [0.717, 1.165) is 60.2 Å². The molecular weight excluding hydrogens is 336 g/mol. The van der Waals surface area contributed by atoms with Crippen molar-refractivity contribution in [3.8, 4) is 23.0 Å². The lowest BCUT2D eigenvalue weighted by molar-refractivity contribution is 0.303. The predicted octanol–water partition coefficient (Wildman–Crippen LogP) is 7.23. The zero-order valence-corrected chi connectivity index (χ0v) is 17.3. The van der Waals surface area contributed by atoms with Crippen LogP contribution < -0.4 is 14.2 Å². The third kappa shape index (κ3) is 7.94. The summed E-state index contributed by atoms with van der Waals surface area (Å²) in [7, 11) is 0. The average molecular weight is 371 g/mol. The fraction of sp³-hybridized carbons (Fsp3) is 0.500. The first kappa shape index (κ1) is 21.1. The van der Waals surface area contributed by atoms with Gasteiger partial charge in [-0.05, 0) is 62.1 Å². The van der Waals surface area contributed by atoms with Gasteiger partial charge in [-0.25, -0.2) is 0 Å². The van der Waals surface area contributed by atoms with Crippen LogP contribution in [0.4, 0.5) is 0 Å². The maximum Gasteiger partial charge on any atom is 0.131 e. The van der Waals surface area contributed by atoms with Crippen LogP contribution in [0.3, 0.4) is 0 Å². The van der Waals surface area contributed by atoms with E-state index in [9.17, 15) is 0 Å². The number of aryl methyl sites for hydroxylation is 2. The van der Waals surface area contributed by atoms with Crippen molar-refractivity contribution in [1.82, 2.24) is 0 Å². The lowest BCUT2D eigenvalue weighted by atomic mass is 10.2. The normalized spacial score (nSPS) is 10.7. The molecule has 27 heavy (non-hydrogen) atoms. The summed E-state index contributed by atoms with van der Waals surface area (Å²) < 4.78 is 17.9. The maximum absolute atomic E-state index is 6.12. The Bertz CT molecular complexity index is 635. The highest BCUT2D eigenvalue weighted by atomic mass is 16.5. The summed E-state index contributed by atoms with van der Waals surface area (Å²) in [6, 6.07) is 12.1. The highest BCUT2D eigenvalue weighted by molar-refractivity contribution is 5.43. The van der Waals surface area contributed by atoms with Crippen molar-refractivity contribution in [2.45, 2.75) is 66.2 Å². The summed E-state index contributed by atoms with van der Waals surface area (Å²) in [5, 5.41) is 0. The Morgan fingerprint density at radius 3 is 1.37 bits per heavy atom. The number of benzene rings is 2. The molecule has 0 amide bonds. The summed E-state index contributed by atoms with van der Waals surface area (Å²) in [5.74, 6) is 3.32. The molecule has 2 aromatic carbocycles. The first-order chi connectivity index (χ1) is 13.1. The van der Waals surface area contributed by atoms with Gasteiger partial charge in [-0.3, -0.25) is 0 Å². The van der Waals surface area contributed by atoms with Crippen LogP contribution in [0.15, 0.2) is 36.4 Å². The second-order valence-electron chi connectivity index (χ2n) is 7.18. The number of rotatable bonds is 12. The summed E-state index contributed by atoms with van der Waals surface area (Å²) in [6.07, 6.45) is 6.94. The van der Waals surface area contributed by atoms with Crippen molar-refractivity contribution in [1.29, 1.82) is 0 Å². The van der Waals surface area contributed by atoms with E-state index in [-0.39, 0.29) is 0 Å². The lowest BCUT2D eigenvalue weighted by Crippen LogP contribution is -1.99. The summed E-state index contributed by atoms with van der Waals surface area (Å²) in [6.45, 7) is 10.0. The van der Waals surface area contributed by atoms with Gasteiger partial charge in [0.1, 0.15) is 23.0 Å². The van der Waals surface area contributed by atoms with Crippen molar-refractivity contribution in [3.63, 3.8) is 0 Å². The molecule has 0 radical (unpaired) electrons. The van der Waals surface area contributed by atoms with E-state index >= 15 is 0 Å². The molecule has 0 fully saturated rings. The minimum absolute atomic E-state index is 0.747. The van der Waals surface area contributed by atoms with Crippen molar-refractivity contribution in [3.05, 3.63) is 47.5 Å². The van der Waals surface area contributed by atoms with Gasteiger partial charge in [0.2, 0.25) is 0 Å². The Hall–Kier alpha value is -2.16. The van der Waals surface area contributed by atoms with Gasteiger partial charge in [-0.2, -0.15) is 0 Å². The summed E-state index contributed by atoms with van der Waals surface area (Å²) in [5.41, 5.74) is 2.25. The molecule has 0 aromatic heterocycles. The summed E-state index contributed by atoms with van der Waals surface area (Å²) in [4.78, 5) is 0. The van der Waals surface area contributed by atoms with Crippen LogP contribution in [-0.2, 0) is 0 Å². The Kier molecular flexibility index (Phi) is 9.03. The van der Waals surface area contributed by atoms with Gasteiger partial charge < -0.3 is 14.2 Å². The second-order valence-corrected chi connectivity index (χ2v) is 7.18.